The topological polar surface area (TPSA) is 278 Å². The fraction of sp³-hybridized carbons (Fsp3) is 0.950. The molecular weight excluding hydrogens is 510 g/mol. The molecule has 0 unspecified atom stereocenters. The van der Waals surface area contributed by atoms with Gasteiger partial charge in [0.2, 0.25) is 5.91 Å². The quantitative estimate of drug-likeness (QED) is 0.135. The van der Waals surface area contributed by atoms with E-state index in [2.05, 4.69) is 5.32 Å². The molecule has 17 heteroatoms. The lowest BCUT2D eigenvalue weighted by atomic mass is 9.95. The molecule has 216 valence electrons. The molecule has 0 bridgehead atoms. The molecule has 0 saturated carbocycles. The normalized spacial score (nSPS) is 49.0. The van der Waals surface area contributed by atoms with E-state index in [-0.39, 0.29) is 0 Å². The zero-order valence-electron chi connectivity index (χ0n) is 19.7. The van der Waals surface area contributed by atoms with E-state index in [4.69, 9.17) is 23.7 Å². The average Bonchev–Trinajstić information content (AvgIpc) is 2.86. The van der Waals surface area contributed by atoms with Gasteiger partial charge in [0.15, 0.2) is 18.9 Å². The summed E-state index contributed by atoms with van der Waals surface area (Å²) in [6, 6.07) is -1.42. The molecule has 0 aromatic carbocycles. The van der Waals surface area contributed by atoms with Crippen LogP contribution >= 0.6 is 0 Å². The molecule has 0 aromatic rings. The molecule has 1 amide bonds. The van der Waals surface area contributed by atoms with E-state index in [9.17, 15) is 55.9 Å². The standard InChI is InChI=1S/C20H35NO16/c1-5(25)21-9-12(28)10(26)6(2-22)34-19(9)37-17-11(27)7(3-23)35-20(15(17)31)36-16-8(4-24)33-18(32)14(30)13(16)29/h6-20,22-24,26-32H,2-4H2,1H3,(H,21,25)/t6-,7-,8-,9-,10+,11+,12-,13-,14-,15-,16-,17+,18-,19-,20+/m1/s1. The molecule has 3 fully saturated rings. The van der Waals surface area contributed by atoms with Crippen LogP contribution < -0.4 is 5.32 Å². The van der Waals surface area contributed by atoms with E-state index < -0.39 is 118 Å². The molecule has 15 atom stereocenters. The van der Waals surface area contributed by atoms with E-state index in [0.717, 1.165) is 6.92 Å². The molecule has 17 nitrogen and oxygen atoms in total. The van der Waals surface area contributed by atoms with E-state index in [1.54, 1.807) is 0 Å². The highest BCUT2D eigenvalue weighted by Crippen LogP contribution is 2.32. The van der Waals surface area contributed by atoms with Gasteiger partial charge in [-0.3, -0.25) is 4.79 Å². The monoisotopic (exact) mass is 545 g/mol. The Morgan fingerprint density at radius 3 is 1.76 bits per heavy atom. The van der Waals surface area contributed by atoms with Crippen molar-refractivity contribution in [2.24, 2.45) is 0 Å². The molecule has 0 radical (unpaired) electrons. The zero-order valence-corrected chi connectivity index (χ0v) is 19.7. The van der Waals surface area contributed by atoms with Crippen LogP contribution in [0.5, 0.6) is 0 Å². The number of hydrogen-bond donors (Lipinski definition) is 11. The Morgan fingerprint density at radius 2 is 1.19 bits per heavy atom. The predicted molar refractivity (Wildman–Crippen MR) is 113 cm³/mol. The maximum atomic E-state index is 11.7. The van der Waals surface area contributed by atoms with E-state index in [1.807, 2.05) is 0 Å². The lowest BCUT2D eigenvalue weighted by Crippen LogP contribution is -2.68. The molecule has 0 spiro atoms. The first-order valence-electron chi connectivity index (χ1n) is 11.6. The largest absolute Gasteiger partial charge is 0.394 e. The van der Waals surface area contributed by atoms with Gasteiger partial charge in [-0.2, -0.15) is 0 Å². The van der Waals surface area contributed by atoms with Gasteiger partial charge in [0.05, 0.1) is 19.8 Å². The van der Waals surface area contributed by atoms with Crippen LogP contribution in [0.2, 0.25) is 0 Å². The number of carbonyl (C=O) groups excluding carboxylic acids is 1. The minimum atomic E-state index is -1.91. The zero-order chi connectivity index (χ0) is 27.6. The predicted octanol–water partition coefficient (Wildman–Crippen LogP) is -7.43. The highest BCUT2D eigenvalue weighted by atomic mass is 16.7. The van der Waals surface area contributed by atoms with Crippen LogP contribution in [0.4, 0.5) is 0 Å². The highest BCUT2D eigenvalue weighted by Gasteiger charge is 2.53. The Kier molecular flexibility index (Phi) is 10.5. The molecule has 3 saturated heterocycles. The molecular formula is C20H35NO16. The molecule has 3 rings (SSSR count). The SMILES string of the molecule is CC(=O)N[C@H]1[C@@H](O[C@H]2[C@@H](O)[C@@H](CO)O[C@@H](O[C@H]3[C@H](O)[C@@H](O)[C@H](O)O[C@@H]3CO)[C@@H]2O)O[C@H](CO)[C@H](O)[C@@H]1O. The first-order chi connectivity index (χ1) is 17.4. The third kappa shape index (κ3) is 6.38. The van der Waals surface area contributed by atoms with Crippen molar-refractivity contribution in [3.8, 4) is 0 Å². The molecule has 3 aliphatic heterocycles. The Hall–Kier alpha value is -1.13. The van der Waals surface area contributed by atoms with Crippen molar-refractivity contribution in [2.45, 2.75) is 99.0 Å². The van der Waals surface area contributed by atoms with Gasteiger partial charge < -0.3 is 80.1 Å². The van der Waals surface area contributed by atoms with Gasteiger partial charge in [-0.15, -0.1) is 0 Å². The Balaban J connectivity index is 1.83. The minimum Gasteiger partial charge on any atom is -0.394 e. The van der Waals surface area contributed by atoms with Crippen LogP contribution in [0.3, 0.4) is 0 Å². The molecule has 11 N–H and O–H groups in total. The maximum Gasteiger partial charge on any atom is 0.217 e. The van der Waals surface area contributed by atoms with Crippen LogP contribution in [-0.2, 0) is 28.5 Å². The van der Waals surface area contributed by atoms with Crippen molar-refractivity contribution in [3.63, 3.8) is 0 Å². The second-order valence-electron chi connectivity index (χ2n) is 9.07. The minimum absolute atomic E-state index is 0.652. The smallest absolute Gasteiger partial charge is 0.217 e. The van der Waals surface area contributed by atoms with E-state index in [1.165, 1.54) is 0 Å². The second-order valence-corrected chi connectivity index (χ2v) is 9.07. The van der Waals surface area contributed by atoms with Gasteiger partial charge in [-0.05, 0) is 0 Å². The summed E-state index contributed by atoms with van der Waals surface area (Å²) in [7, 11) is 0. The summed E-state index contributed by atoms with van der Waals surface area (Å²) in [6.45, 7) is -1.25. The summed E-state index contributed by atoms with van der Waals surface area (Å²) in [5.41, 5.74) is 0. The number of nitrogens with one attached hydrogen (secondary N) is 1. The van der Waals surface area contributed by atoms with E-state index in [0.29, 0.717) is 0 Å². The number of rotatable bonds is 8. The Bertz CT molecular complexity index is 745. The van der Waals surface area contributed by atoms with Crippen LogP contribution in [-0.4, -0.2) is 169 Å². The first-order valence-corrected chi connectivity index (χ1v) is 11.6. The van der Waals surface area contributed by atoms with Crippen LogP contribution in [0.25, 0.3) is 0 Å². The fourth-order valence-corrected chi connectivity index (χ4v) is 4.46. The van der Waals surface area contributed by atoms with Crippen molar-refractivity contribution in [3.05, 3.63) is 0 Å². The number of carbonyl (C=O) groups is 1. The molecule has 37 heavy (non-hydrogen) atoms. The maximum absolute atomic E-state index is 11.7. The van der Waals surface area contributed by atoms with Crippen molar-refractivity contribution in [1.82, 2.24) is 5.32 Å². The molecule has 0 aliphatic carbocycles. The number of hydrogen-bond acceptors (Lipinski definition) is 16. The number of amides is 1. The molecule has 0 aromatic heterocycles. The Labute approximate surface area is 210 Å². The fourth-order valence-electron chi connectivity index (χ4n) is 4.46. The van der Waals surface area contributed by atoms with Crippen LogP contribution in [0.1, 0.15) is 6.92 Å². The second kappa shape index (κ2) is 12.8. The van der Waals surface area contributed by atoms with Gasteiger partial charge in [0, 0.05) is 6.92 Å². The van der Waals surface area contributed by atoms with Gasteiger partial charge in [0.1, 0.15) is 73.2 Å². The summed E-state index contributed by atoms with van der Waals surface area (Å²) in [5.74, 6) is -0.652. The number of aliphatic hydroxyl groups excluding tert-OH is 10. The van der Waals surface area contributed by atoms with Crippen molar-refractivity contribution >= 4 is 5.91 Å². The molecule has 3 aliphatic rings. The lowest BCUT2D eigenvalue weighted by Gasteiger charge is -2.48. The summed E-state index contributed by atoms with van der Waals surface area (Å²) in [4.78, 5) is 11.7. The first kappa shape index (κ1) is 30.4. The number of ether oxygens (including phenoxy) is 5. The van der Waals surface area contributed by atoms with Crippen molar-refractivity contribution < 1.29 is 79.5 Å². The van der Waals surface area contributed by atoms with Crippen molar-refractivity contribution in [2.75, 3.05) is 19.8 Å². The third-order valence-electron chi connectivity index (χ3n) is 6.49. The third-order valence-corrected chi connectivity index (χ3v) is 6.49. The average molecular weight is 545 g/mol. The van der Waals surface area contributed by atoms with Gasteiger partial charge in [-0.1, -0.05) is 0 Å². The van der Waals surface area contributed by atoms with Gasteiger partial charge >= 0.3 is 0 Å². The van der Waals surface area contributed by atoms with E-state index >= 15 is 0 Å². The molecule has 3 heterocycles. The van der Waals surface area contributed by atoms with Gasteiger partial charge in [-0.25, -0.2) is 0 Å². The number of aliphatic hydroxyl groups is 10. The van der Waals surface area contributed by atoms with Gasteiger partial charge in [0.25, 0.3) is 0 Å². The highest BCUT2D eigenvalue weighted by molar-refractivity contribution is 5.73. The lowest BCUT2D eigenvalue weighted by molar-refractivity contribution is -0.373. The van der Waals surface area contributed by atoms with Crippen LogP contribution in [0.15, 0.2) is 0 Å². The summed E-state index contributed by atoms with van der Waals surface area (Å²) >= 11 is 0. The summed E-state index contributed by atoms with van der Waals surface area (Å²) < 4.78 is 27.0. The Morgan fingerprint density at radius 1 is 0.649 bits per heavy atom. The van der Waals surface area contributed by atoms with Crippen LogP contribution in [0, 0.1) is 0 Å². The summed E-state index contributed by atoms with van der Waals surface area (Å²) in [5, 5.41) is 103. The summed E-state index contributed by atoms with van der Waals surface area (Å²) in [6.07, 6.45) is -23.4. The van der Waals surface area contributed by atoms with Crippen molar-refractivity contribution in [1.29, 1.82) is 0 Å².